The van der Waals surface area contributed by atoms with E-state index in [1.54, 1.807) is 30.3 Å². The normalized spacial score (nSPS) is 10.5. The highest BCUT2D eigenvalue weighted by Crippen LogP contribution is 2.22. The molecule has 0 bridgehead atoms. The fourth-order valence-electron chi connectivity index (χ4n) is 3.15. The van der Waals surface area contributed by atoms with E-state index >= 15 is 0 Å². The highest BCUT2D eigenvalue weighted by atomic mass is 16.5. The van der Waals surface area contributed by atoms with Gasteiger partial charge in [0.15, 0.2) is 5.82 Å². The average molecular weight is 459 g/mol. The van der Waals surface area contributed by atoms with Crippen molar-refractivity contribution in [2.24, 2.45) is 0 Å². The molecule has 11 heteroatoms. The number of nitrogens with one attached hydrogen (secondary N) is 3. The first-order valence-electron chi connectivity index (χ1n) is 10.3. The number of methoxy groups -OCH3 is 1. The lowest BCUT2D eigenvalue weighted by Gasteiger charge is -2.07. The Kier molecular flexibility index (Phi) is 6.73. The van der Waals surface area contributed by atoms with E-state index in [-0.39, 0.29) is 6.42 Å². The van der Waals surface area contributed by atoms with Gasteiger partial charge in [0, 0.05) is 18.2 Å². The number of aliphatic carboxylic acids is 1. The van der Waals surface area contributed by atoms with E-state index in [1.165, 1.54) is 13.4 Å². The highest BCUT2D eigenvalue weighted by molar-refractivity contribution is 5.89. The van der Waals surface area contributed by atoms with E-state index < -0.39 is 11.9 Å². The number of aromatic nitrogens is 5. The summed E-state index contributed by atoms with van der Waals surface area (Å²) in [6.45, 7) is 0. The van der Waals surface area contributed by atoms with Crippen LogP contribution in [-0.4, -0.2) is 49.3 Å². The third kappa shape index (κ3) is 5.71. The second kappa shape index (κ2) is 10.2. The maximum Gasteiger partial charge on any atom is 0.337 e. The van der Waals surface area contributed by atoms with Gasteiger partial charge in [-0.05, 0) is 41.8 Å². The fraction of sp³-hybridized carbons (Fsp3) is 0.130. The fourth-order valence-corrected chi connectivity index (χ4v) is 3.15. The van der Waals surface area contributed by atoms with Crippen LogP contribution in [0.2, 0.25) is 0 Å². The van der Waals surface area contributed by atoms with Gasteiger partial charge in [-0.2, -0.15) is 10.1 Å². The van der Waals surface area contributed by atoms with E-state index in [4.69, 9.17) is 9.84 Å². The number of carboxylic acid groups (broad SMARTS) is 1. The van der Waals surface area contributed by atoms with E-state index in [1.807, 2.05) is 24.3 Å². The molecular formula is C23H21N7O4. The van der Waals surface area contributed by atoms with Crippen LogP contribution in [0.5, 0.6) is 0 Å². The van der Waals surface area contributed by atoms with Gasteiger partial charge in [0.1, 0.15) is 6.33 Å². The van der Waals surface area contributed by atoms with Crippen molar-refractivity contribution >= 4 is 35.3 Å². The van der Waals surface area contributed by atoms with Crippen molar-refractivity contribution in [2.45, 2.75) is 12.8 Å². The first kappa shape index (κ1) is 22.4. The number of ether oxygens (including phenoxy) is 1. The average Bonchev–Trinajstić information content (AvgIpc) is 3.31. The SMILES string of the molecule is COC(=O)c1ccc(-c2cc(Nc3ncnc(Nc4cccc(CCC(=O)O)c4)n3)n[nH]2)cc1. The van der Waals surface area contributed by atoms with Crippen LogP contribution in [0.15, 0.2) is 60.9 Å². The molecule has 0 aliphatic heterocycles. The van der Waals surface area contributed by atoms with Gasteiger partial charge in [-0.1, -0.05) is 24.3 Å². The molecule has 34 heavy (non-hydrogen) atoms. The maximum absolute atomic E-state index is 11.6. The number of carbonyl (C=O) groups excluding carboxylic acids is 1. The van der Waals surface area contributed by atoms with Crippen molar-refractivity contribution < 1.29 is 19.4 Å². The highest BCUT2D eigenvalue weighted by Gasteiger charge is 2.09. The largest absolute Gasteiger partial charge is 0.481 e. The molecule has 4 rings (SSSR count). The number of benzene rings is 2. The van der Waals surface area contributed by atoms with E-state index in [2.05, 4.69) is 35.8 Å². The zero-order valence-electron chi connectivity index (χ0n) is 18.1. The van der Waals surface area contributed by atoms with E-state index in [9.17, 15) is 9.59 Å². The van der Waals surface area contributed by atoms with Gasteiger partial charge in [0.05, 0.1) is 18.4 Å². The zero-order chi connectivity index (χ0) is 23.9. The molecule has 0 aliphatic carbocycles. The Labute approximate surface area is 194 Å². The van der Waals surface area contributed by atoms with Gasteiger partial charge < -0.3 is 20.5 Å². The van der Waals surface area contributed by atoms with Crippen molar-refractivity contribution in [2.75, 3.05) is 17.7 Å². The maximum atomic E-state index is 11.6. The second-order valence-corrected chi connectivity index (χ2v) is 7.21. The Balaban J connectivity index is 1.42. The summed E-state index contributed by atoms with van der Waals surface area (Å²) < 4.78 is 4.71. The molecule has 0 spiro atoms. The molecule has 0 saturated heterocycles. The number of carboxylic acids is 1. The van der Waals surface area contributed by atoms with Crippen LogP contribution in [-0.2, 0) is 16.0 Å². The van der Waals surface area contributed by atoms with Crippen LogP contribution in [0.1, 0.15) is 22.3 Å². The topological polar surface area (TPSA) is 155 Å². The van der Waals surface area contributed by atoms with Crippen molar-refractivity contribution in [3.63, 3.8) is 0 Å². The molecule has 0 fully saturated rings. The standard InChI is InChI=1S/C23H21N7O4/c1-34-21(33)16-8-6-15(7-9-16)18-12-19(30-29-18)27-23-25-13-24-22(28-23)26-17-4-2-3-14(11-17)5-10-20(31)32/h2-4,6-9,11-13H,5,10H2,1H3,(H,31,32)(H3,24,25,26,27,28,29,30). The number of rotatable bonds is 9. The van der Waals surface area contributed by atoms with Crippen LogP contribution < -0.4 is 10.6 Å². The lowest BCUT2D eigenvalue weighted by Crippen LogP contribution is -2.03. The first-order chi connectivity index (χ1) is 16.5. The predicted octanol–water partition coefficient (Wildman–Crippen LogP) is 3.55. The van der Waals surface area contributed by atoms with Crippen LogP contribution in [0.25, 0.3) is 11.3 Å². The molecule has 2 aromatic heterocycles. The summed E-state index contributed by atoms with van der Waals surface area (Å²) in [6.07, 6.45) is 1.86. The van der Waals surface area contributed by atoms with E-state index in [0.29, 0.717) is 29.7 Å². The Morgan fingerprint density at radius 3 is 2.53 bits per heavy atom. The molecule has 0 saturated carbocycles. The Morgan fingerprint density at radius 1 is 1.03 bits per heavy atom. The number of H-pyrrole nitrogens is 1. The summed E-state index contributed by atoms with van der Waals surface area (Å²) >= 11 is 0. The molecule has 2 aromatic carbocycles. The van der Waals surface area contributed by atoms with Crippen molar-refractivity contribution in [1.82, 2.24) is 25.1 Å². The van der Waals surface area contributed by atoms with E-state index in [0.717, 1.165) is 22.5 Å². The van der Waals surface area contributed by atoms with Crippen LogP contribution in [0, 0.1) is 0 Å². The number of aryl methyl sites for hydroxylation is 1. The van der Waals surface area contributed by atoms with Gasteiger partial charge >= 0.3 is 11.9 Å². The van der Waals surface area contributed by atoms with Gasteiger partial charge in [-0.25, -0.2) is 14.8 Å². The van der Waals surface area contributed by atoms with Gasteiger partial charge in [-0.3, -0.25) is 9.89 Å². The molecule has 11 nitrogen and oxygen atoms in total. The molecule has 172 valence electrons. The molecule has 0 unspecified atom stereocenters. The van der Waals surface area contributed by atoms with Crippen molar-refractivity contribution in [3.05, 3.63) is 72.1 Å². The minimum absolute atomic E-state index is 0.0599. The van der Waals surface area contributed by atoms with Crippen LogP contribution >= 0.6 is 0 Å². The predicted molar refractivity (Wildman–Crippen MR) is 124 cm³/mol. The van der Waals surface area contributed by atoms with Gasteiger partial charge in [0.25, 0.3) is 0 Å². The number of esters is 1. The lowest BCUT2D eigenvalue weighted by atomic mass is 10.1. The summed E-state index contributed by atoms with van der Waals surface area (Å²) in [6, 6.07) is 16.1. The summed E-state index contributed by atoms with van der Waals surface area (Å²) in [4.78, 5) is 35.0. The molecule has 4 N–H and O–H groups in total. The van der Waals surface area contributed by atoms with Crippen molar-refractivity contribution in [3.8, 4) is 11.3 Å². The summed E-state index contributed by atoms with van der Waals surface area (Å²) in [5.41, 5.74) is 3.67. The smallest absolute Gasteiger partial charge is 0.337 e. The number of hydrogen-bond acceptors (Lipinski definition) is 9. The molecular weight excluding hydrogens is 438 g/mol. The Morgan fingerprint density at radius 2 is 1.79 bits per heavy atom. The van der Waals surface area contributed by atoms with Crippen molar-refractivity contribution in [1.29, 1.82) is 0 Å². The summed E-state index contributed by atoms with van der Waals surface area (Å²) in [5, 5.41) is 22.1. The number of nitrogens with zero attached hydrogens (tertiary/aromatic N) is 4. The second-order valence-electron chi connectivity index (χ2n) is 7.21. The first-order valence-corrected chi connectivity index (χ1v) is 10.3. The Hall–Kier alpha value is -4.80. The third-order valence-electron chi connectivity index (χ3n) is 4.82. The van der Waals surface area contributed by atoms with Crippen LogP contribution in [0.3, 0.4) is 0 Å². The Bertz CT molecular complexity index is 1300. The zero-order valence-corrected chi connectivity index (χ0v) is 18.1. The third-order valence-corrected chi connectivity index (χ3v) is 4.82. The van der Waals surface area contributed by atoms with Crippen LogP contribution in [0.4, 0.5) is 23.4 Å². The minimum atomic E-state index is -0.841. The summed E-state index contributed by atoms with van der Waals surface area (Å²) in [7, 11) is 1.34. The molecule has 0 atom stereocenters. The molecule has 0 radical (unpaired) electrons. The number of carbonyl (C=O) groups is 2. The molecule has 4 aromatic rings. The van der Waals surface area contributed by atoms with Gasteiger partial charge in [-0.15, -0.1) is 0 Å². The van der Waals surface area contributed by atoms with Gasteiger partial charge in [0.2, 0.25) is 11.9 Å². The summed E-state index contributed by atoms with van der Waals surface area (Å²) in [5.74, 6) is -0.128. The molecule has 0 aliphatic rings. The molecule has 0 amide bonds. The lowest BCUT2D eigenvalue weighted by molar-refractivity contribution is -0.136. The number of aromatic amines is 1. The number of anilines is 4. The monoisotopic (exact) mass is 459 g/mol. The molecule has 2 heterocycles. The number of hydrogen-bond donors (Lipinski definition) is 4. The minimum Gasteiger partial charge on any atom is -0.481 e. The quantitative estimate of drug-likeness (QED) is 0.273.